The predicted molar refractivity (Wildman–Crippen MR) is 67.4 cm³/mol. The summed E-state index contributed by atoms with van der Waals surface area (Å²) in [6.07, 6.45) is -1.03. The van der Waals surface area contributed by atoms with Gasteiger partial charge in [-0.25, -0.2) is 4.79 Å². The maximum atomic E-state index is 11.1. The van der Waals surface area contributed by atoms with E-state index in [-0.39, 0.29) is 30.1 Å². The maximum Gasteiger partial charge on any atom is 0.334 e. The summed E-state index contributed by atoms with van der Waals surface area (Å²) >= 11 is 0. The summed E-state index contributed by atoms with van der Waals surface area (Å²) in [4.78, 5) is 23.0. The number of nitro benzene ring substituents is 1. The Bertz CT molecular complexity index is 595. The number of hydrogen-bond acceptors (Lipinski definition) is 6. The lowest BCUT2D eigenvalue weighted by Gasteiger charge is -2.32. The van der Waals surface area contributed by atoms with Crippen LogP contribution in [0.3, 0.4) is 0 Å². The Morgan fingerprint density at radius 2 is 2.35 bits per heavy atom. The largest absolute Gasteiger partial charge is 0.479 e. The quantitative estimate of drug-likeness (QED) is 0.640. The van der Waals surface area contributed by atoms with Gasteiger partial charge in [0.05, 0.1) is 18.1 Å². The number of carboxylic acid groups (broad SMARTS) is 1. The van der Waals surface area contributed by atoms with E-state index in [1.165, 1.54) is 18.2 Å². The molecule has 0 amide bonds. The summed E-state index contributed by atoms with van der Waals surface area (Å²) in [5, 5.41) is 29.0. The third-order valence-corrected chi connectivity index (χ3v) is 3.00. The Kier molecular flexibility index (Phi) is 3.81. The summed E-state index contributed by atoms with van der Waals surface area (Å²) in [5.74, 6) is -1.12. The smallest absolute Gasteiger partial charge is 0.334 e. The van der Waals surface area contributed by atoms with Crippen LogP contribution >= 0.6 is 0 Å². The van der Waals surface area contributed by atoms with Gasteiger partial charge in [-0.2, -0.15) is 5.26 Å². The molecule has 1 unspecified atom stereocenters. The normalized spacial score (nSPS) is 18.4. The van der Waals surface area contributed by atoms with Gasteiger partial charge in [0.25, 0.3) is 0 Å². The third kappa shape index (κ3) is 2.53. The van der Waals surface area contributed by atoms with Crippen LogP contribution in [0.5, 0.6) is 0 Å². The molecular weight excluding hydrogens is 266 g/mol. The average molecular weight is 277 g/mol. The standard InChI is InChI=1S/C12H11N3O5/c13-6-8-2-1-3-9(11(8)15(18)19)14-4-5-20-10(7-14)12(16)17/h1-3,10H,4-5,7H2,(H,16,17). The fourth-order valence-corrected chi connectivity index (χ4v) is 2.09. The molecule has 0 aromatic heterocycles. The van der Waals surface area contributed by atoms with Crippen molar-refractivity contribution < 1.29 is 19.6 Å². The summed E-state index contributed by atoms with van der Waals surface area (Å²) in [6.45, 7) is 0.495. The van der Waals surface area contributed by atoms with Crippen molar-refractivity contribution in [2.75, 3.05) is 24.6 Å². The summed E-state index contributed by atoms with van der Waals surface area (Å²) in [6, 6.07) is 6.17. The third-order valence-electron chi connectivity index (χ3n) is 3.00. The number of nitrogens with zero attached hydrogens (tertiary/aromatic N) is 3. The number of rotatable bonds is 3. The minimum Gasteiger partial charge on any atom is -0.479 e. The van der Waals surface area contributed by atoms with E-state index in [2.05, 4.69) is 0 Å². The lowest BCUT2D eigenvalue weighted by molar-refractivity contribution is -0.384. The van der Waals surface area contributed by atoms with E-state index in [0.717, 1.165) is 0 Å². The van der Waals surface area contributed by atoms with E-state index in [1.807, 2.05) is 0 Å². The van der Waals surface area contributed by atoms with Crippen LogP contribution in [0.25, 0.3) is 0 Å². The Balaban J connectivity index is 2.40. The van der Waals surface area contributed by atoms with Crippen molar-refractivity contribution >= 4 is 17.3 Å². The molecule has 0 aliphatic carbocycles. The van der Waals surface area contributed by atoms with E-state index < -0.39 is 17.0 Å². The van der Waals surface area contributed by atoms with Crippen molar-refractivity contribution in [2.24, 2.45) is 0 Å². The second-order valence-corrected chi connectivity index (χ2v) is 4.19. The van der Waals surface area contributed by atoms with E-state index in [0.29, 0.717) is 6.54 Å². The van der Waals surface area contributed by atoms with Crippen molar-refractivity contribution in [3.63, 3.8) is 0 Å². The summed E-state index contributed by atoms with van der Waals surface area (Å²) < 4.78 is 5.07. The SMILES string of the molecule is N#Cc1cccc(N2CCOC(C(=O)O)C2)c1[N+](=O)[O-]. The van der Waals surface area contributed by atoms with Crippen LogP contribution in [0.1, 0.15) is 5.56 Å². The van der Waals surface area contributed by atoms with Crippen molar-refractivity contribution in [3.8, 4) is 6.07 Å². The molecule has 0 radical (unpaired) electrons. The molecule has 1 aliphatic rings. The molecule has 0 saturated carbocycles. The Hall–Kier alpha value is -2.66. The minimum absolute atomic E-state index is 0.00502. The highest BCUT2D eigenvalue weighted by molar-refractivity contribution is 5.75. The van der Waals surface area contributed by atoms with Crippen molar-refractivity contribution in [1.82, 2.24) is 0 Å². The van der Waals surface area contributed by atoms with E-state index >= 15 is 0 Å². The van der Waals surface area contributed by atoms with Gasteiger partial charge in [0.1, 0.15) is 17.3 Å². The molecule has 1 heterocycles. The molecule has 0 bridgehead atoms. The Labute approximate surface area is 113 Å². The zero-order chi connectivity index (χ0) is 14.7. The molecule has 8 heteroatoms. The fourth-order valence-electron chi connectivity index (χ4n) is 2.09. The van der Waals surface area contributed by atoms with Gasteiger partial charge in [-0.1, -0.05) is 6.07 Å². The number of hydrogen-bond donors (Lipinski definition) is 1. The van der Waals surface area contributed by atoms with Crippen LogP contribution in [0.15, 0.2) is 18.2 Å². The zero-order valence-corrected chi connectivity index (χ0v) is 10.4. The van der Waals surface area contributed by atoms with Crippen LogP contribution in [0, 0.1) is 21.4 Å². The number of nitro groups is 1. The lowest BCUT2D eigenvalue weighted by Crippen LogP contribution is -2.46. The predicted octanol–water partition coefficient (Wildman–Crippen LogP) is 0.756. The van der Waals surface area contributed by atoms with Crippen LogP contribution in [-0.4, -0.2) is 41.8 Å². The first kappa shape index (κ1) is 13.8. The monoisotopic (exact) mass is 277 g/mol. The Morgan fingerprint density at radius 1 is 1.60 bits per heavy atom. The molecule has 1 atom stereocenters. The molecular formula is C12H11N3O5. The first-order valence-corrected chi connectivity index (χ1v) is 5.81. The van der Waals surface area contributed by atoms with Crippen LogP contribution in [0.4, 0.5) is 11.4 Å². The van der Waals surface area contributed by atoms with Gasteiger partial charge < -0.3 is 14.7 Å². The van der Waals surface area contributed by atoms with Crippen LogP contribution in [-0.2, 0) is 9.53 Å². The van der Waals surface area contributed by atoms with E-state index in [1.54, 1.807) is 11.0 Å². The Morgan fingerprint density at radius 3 is 2.95 bits per heavy atom. The highest BCUT2D eigenvalue weighted by Gasteiger charge is 2.31. The van der Waals surface area contributed by atoms with Gasteiger partial charge in [-0.05, 0) is 12.1 Å². The molecule has 1 N–H and O–H groups in total. The molecule has 0 spiro atoms. The second kappa shape index (κ2) is 5.54. The van der Waals surface area contributed by atoms with Gasteiger partial charge >= 0.3 is 11.7 Å². The number of benzene rings is 1. The fraction of sp³-hybridized carbons (Fsp3) is 0.333. The molecule has 1 fully saturated rings. The lowest BCUT2D eigenvalue weighted by atomic mass is 10.1. The highest BCUT2D eigenvalue weighted by Crippen LogP contribution is 2.32. The summed E-state index contributed by atoms with van der Waals surface area (Å²) in [5.41, 5.74) is -0.115. The van der Waals surface area contributed by atoms with E-state index in [9.17, 15) is 14.9 Å². The number of carbonyl (C=O) groups is 1. The molecule has 2 rings (SSSR count). The number of ether oxygens (including phenoxy) is 1. The van der Waals surface area contributed by atoms with Crippen LogP contribution in [0.2, 0.25) is 0 Å². The van der Waals surface area contributed by atoms with Gasteiger partial charge in [-0.15, -0.1) is 0 Å². The molecule has 1 aliphatic heterocycles. The van der Waals surface area contributed by atoms with Crippen molar-refractivity contribution in [3.05, 3.63) is 33.9 Å². The van der Waals surface area contributed by atoms with Gasteiger partial charge in [0.2, 0.25) is 0 Å². The number of anilines is 1. The second-order valence-electron chi connectivity index (χ2n) is 4.19. The zero-order valence-electron chi connectivity index (χ0n) is 10.4. The maximum absolute atomic E-state index is 11.1. The first-order chi connectivity index (χ1) is 9.54. The van der Waals surface area contributed by atoms with Crippen LogP contribution < -0.4 is 4.90 Å². The number of morpholine rings is 1. The number of para-hydroxylation sites is 1. The molecule has 1 aromatic rings. The van der Waals surface area contributed by atoms with Gasteiger partial charge in [0, 0.05) is 6.54 Å². The van der Waals surface area contributed by atoms with Gasteiger partial charge in [0.15, 0.2) is 6.10 Å². The molecule has 20 heavy (non-hydrogen) atoms. The topological polar surface area (TPSA) is 117 Å². The van der Waals surface area contributed by atoms with Crippen molar-refractivity contribution in [2.45, 2.75) is 6.10 Å². The molecule has 1 saturated heterocycles. The number of aliphatic carboxylic acids is 1. The first-order valence-electron chi connectivity index (χ1n) is 5.81. The minimum atomic E-state index is -1.12. The molecule has 1 aromatic carbocycles. The highest BCUT2D eigenvalue weighted by atomic mass is 16.6. The van der Waals surface area contributed by atoms with Gasteiger partial charge in [-0.3, -0.25) is 10.1 Å². The van der Waals surface area contributed by atoms with E-state index in [4.69, 9.17) is 15.1 Å². The number of carboxylic acids is 1. The average Bonchev–Trinajstić information content (AvgIpc) is 2.46. The molecule has 104 valence electrons. The summed E-state index contributed by atoms with van der Waals surface area (Å²) in [7, 11) is 0. The number of nitriles is 1. The van der Waals surface area contributed by atoms with Crippen molar-refractivity contribution in [1.29, 1.82) is 5.26 Å². The molecule has 8 nitrogen and oxygen atoms in total.